The van der Waals surface area contributed by atoms with Gasteiger partial charge in [-0.2, -0.15) is 0 Å². The standard InChI is InChI=1S/C18H19N3/c1-2-21(13-15-9-11-19-12-10-15)14-17-8-7-16-5-3-4-6-18(16)20-17/h3-12H,2,13-14H2,1H3. The van der Waals surface area contributed by atoms with Crippen LogP contribution in [-0.2, 0) is 13.1 Å². The van der Waals surface area contributed by atoms with E-state index in [9.17, 15) is 0 Å². The van der Waals surface area contributed by atoms with Crippen LogP contribution < -0.4 is 0 Å². The van der Waals surface area contributed by atoms with Crippen LogP contribution in [0.5, 0.6) is 0 Å². The summed E-state index contributed by atoms with van der Waals surface area (Å²) in [5.41, 5.74) is 3.47. The first-order chi connectivity index (χ1) is 10.3. The van der Waals surface area contributed by atoms with Crippen molar-refractivity contribution in [2.75, 3.05) is 6.54 Å². The molecule has 0 radical (unpaired) electrons. The quantitative estimate of drug-likeness (QED) is 0.713. The first-order valence-corrected chi connectivity index (χ1v) is 7.31. The second kappa shape index (κ2) is 6.46. The molecule has 106 valence electrons. The molecule has 1 aromatic carbocycles. The first-order valence-electron chi connectivity index (χ1n) is 7.31. The van der Waals surface area contributed by atoms with Gasteiger partial charge in [0.2, 0.25) is 0 Å². The lowest BCUT2D eigenvalue weighted by Crippen LogP contribution is -2.22. The first kappa shape index (κ1) is 13.7. The van der Waals surface area contributed by atoms with E-state index in [1.54, 1.807) is 0 Å². The molecular weight excluding hydrogens is 258 g/mol. The summed E-state index contributed by atoms with van der Waals surface area (Å²) in [6.07, 6.45) is 3.69. The van der Waals surface area contributed by atoms with E-state index in [0.29, 0.717) is 0 Å². The summed E-state index contributed by atoms with van der Waals surface area (Å²) in [6, 6.07) is 16.7. The Balaban J connectivity index is 1.76. The third-order valence-electron chi connectivity index (χ3n) is 3.64. The van der Waals surface area contributed by atoms with Gasteiger partial charge in [0, 0.05) is 30.9 Å². The molecule has 2 heterocycles. The van der Waals surface area contributed by atoms with Crippen molar-refractivity contribution in [3.63, 3.8) is 0 Å². The summed E-state index contributed by atoms with van der Waals surface area (Å²) in [4.78, 5) is 11.2. The number of rotatable bonds is 5. The predicted molar refractivity (Wildman–Crippen MR) is 85.8 cm³/mol. The number of para-hydroxylation sites is 1. The molecule has 0 unspecified atom stereocenters. The molecule has 3 heteroatoms. The number of aromatic nitrogens is 2. The molecule has 21 heavy (non-hydrogen) atoms. The Labute approximate surface area is 125 Å². The Kier molecular flexibility index (Phi) is 4.22. The molecule has 3 rings (SSSR count). The monoisotopic (exact) mass is 277 g/mol. The maximum absolute atomic E-state index is 4.75. The lowest BCUT2D eigenvalue weighted by molar-refractivity contribution is 0.268. The smallest absolute Gasteiger partial charge is 0.0705 e. The van der Waals surface area contributed by atoms with Crippen molar-refractivity contribution in [3.05, 3.63) is 72.2 Å². The Morgan fingerprint density at radius 1 is 0.905 bits per heavy atom. The molecule has 0 fully saturated rings. The minimum Gasteiger partial charge on any atom is -0.294 e. The van der Waals surface area contributed by atoms with Gasteiger partial charge in [-0.15, -0.1) is 0 Å². The summed E-state index contributed by atoms with van der Waals surface area (Å²) in [7, 11) is 0. The van der Waals surface area contributed by atoms with Gasteiger partial charge in [0.1, 0.15) is 0 Å². The molecule has 2 aromatic heterocycles. The van der Waals surface area contributed by atoms with Gasteiger partial charge in [-0.1, -0.05) is 31.2 Å². The second-order valence-electron chi connectivity index (χ2n) is 5.15. The van der Waals surface area contributed by atoms with Gasteiger partial charge in [0.15, 0.2) is 0 Å². The minimum atomic E-state index is 0.865. The molecule has 0 aliphatic rings. The molecule has 0 bridgehead atoms. The van der Waals surface area contributed by atoms with E-state index in [1.807, 2.05) is 24.5 Å². The average molecular weight is 277 g/mol. The number of fused-ring (bicyclic) bond motifs is 1. The zero-order valence-electron chi connectivity index (χ0n) is 12.2. The van der Waals surface area contributed by atoms with Crippen LogP contribution in [0.25, 0.3) is 10.9 Å². The molecule has 0 aliphatic carbocycles. The van der Waals surface area contributed by atoms with E-state index in [2.05, 4.69) is 53.2 Å². The van der Waals surface area contributed by atoms with E-state index in [4.69, 9.17) is 4.98 Å². The Morgan fingerprint density at radius 2 is 1.71 bits per heavy atom. The molecule has 0 saturated heterocycles. The van der Waals surface area contributed by atoms with Crippen LogP contribution >= 0.6 is 0 Å². The van der Waals surface area contributed by atoms with E-state index in [-0.39, 0.29) is 0 Å². The number of pyridine rings is 2. The molecule has 0 atom stereocenters. The molecule has 0 N–H and O–H groups in total. The fraction of sp³-hybridized carbons (Fsp3) is 0.222. The van der Waals surface area contributed by atoms with Crippen molar-refractivity contribution in [1.82, 2.24) is 14.9 Å². The highest BCUT2D eigenvalue weighted by Crippen LogP contribution is 2.14. The van der Waals surface area contributed by atoms with Crippen LogP contribution in [0.4, 0.5) is 0 Å². The van der Waals surface area contributed by atoms with Crippen molar-refractivity contribution >= 4 is 10.9 Å². The Bertz CT molecular complexity index is 710. The van der Waals surface area contributed by atoms with Crippen LogP contribution in [-0.4, -0.2) is 21.4 Å². The molecule has 3 aromatic rings. The topological polar surface area (TPSA) is 29.0 Å². The van der Waals surface area contributed by atoms with Gasteiger partial charge < -0.3 is 0 Å². The lowest BCUT2D eigenvalue weighted by atomic mass is 10.2. The highest BCUT2D eigenvalue weighted by Gasteiger charge is 2.06. The number of nitrogens with zero attached hydrogens (tertiary/aromatic N) is 3. The third kappa shape index (κ3) is 3.44. The van der Waals surface area contributed by atoms with Crippen molar-refractivity contribution in [3.8, 4) is 0 Å². The number of hydrogen-bond donors (Lipinski definition) is 0. The van der Waals surface area contributed by atoms with E-state index in [0.717, 1.165) is 30.8 Å². The Morgan fingerprint density at radius 3 is 2.52 bits per heavy atom. The molecule has 0 amide bonds. The molecule has 0 spiro atoms. The number of hydrogen-bond acceptors (Lipinski definition) is 3. The van der Waals surface area contributed by atoms with Gasteiger partial charge in [-0.25, -0.2) is 0 Å². The van der Waals surface area contributed by atoms with E-state index >= 15 is 0 Å². The lowest BCUT2D eigenvalue weighted by Gasteiger charge is -2.20. The fourth-order valence-electron chi connectivity index (χ4n) is 2.45. The summed E-state index contributed by atoms with van der Waals surface area (Å²) >= 11 is 0. The van der Waals surface area contributed by atoms with Crippen LogP contribution in [0.1, 0.15) is 18.2 Å². The molecule has 0 aliphatic heterocycles. The van der Waals surface area contributed by atoms with Gasteiger partial charge in [0.05, 0.1) is 11.2 Å². The zero-order valence-corrected chi connectivity index (χ0v) is 12.2. The van der Waals surface area contributed by atoms with Crippen molar-refractivity contribution in [2.45, 2.75) is 20.0 Å². The fourth-order valence-corrected chi connectivity index (χ4v) is 2.45. The van der Waals surface area contributed by atoms with Gasteiger partial charge >= 0.3 is 0 Å². The van der Waals surface area contributed by atoms with Crippen molar-refractivity contribution in [2.24, 2.45) is 0 Å². The largest absolute Gasteiger partial charge is 0.294 e. The normalized spacial score (nSPS) is 11.1. The Hall–Kier alpha value is -2.26. The second-order valence-corrected chi connectivity index (χ2v) is 5.15. The SMILES string of the molecule is CCN(Cc1ccncc1)Cc1ccc2ccccc2n1. The van der Waals surface area contributed by atoms with Gasteiger partial charge in [0.25, 0.3) is 0 Å². The molecular formula is C18H19N3. The predicted octanol–water partition coefficient (Wildman–Crippen LogP) is 3.65. The highest BCUT2D eigenvalue weighted by molar-refractivity contribution is 5.78. The summed E-state index contributed by atoms with van der Waals surface area (Å²) < 4.78 is 0. The summed E-state index contributed by atoms with van der Waals surface area (Å²) in [6.45, 7) is 4.97. The third-order valence-corrected chi connectivity index (χ3v) is 3.64. The summed E-state index contributed by atoms with van der Waals surface area (Å²) in [5.74, 6) is 0. The maximum atomic E-state index is 4.75. The van der Waals surface area contributed by atoms with Crippen molar-refractivity contribution < 1.29 is 0 Å². The van der Waals surface area contributed by atoms with Crippen LogP contribution in [0.3, 0.4) is 0 Å². The van der Waals surface area contributed by atoms with E-state index in [1.165, 1.54) is 10.9 Å². The van der Waals surface area contributed by atoms with Crippen LogP contribution in [0.15, 0.2) is 60.9 Å². The highest BCUT2D eigenvalue weighted by atomic mass is 15.1. The van der Waals surface area contributed by atoms with Crippen LogP contribution in [0, 0.1) is 0 Å². The maximum Gasteiger partial charge on any atom is 0.0705 e. The number of benzene rings is 1. The van der Waals surface area contributed by atoms with Crippen molar-refractivity contribution in [1.29, 1.82) is 0 Å². The van der Waals surface area contributed by atoms with Gasteiger partial charge in [-0.05, 0) is 36.4 Å². The minimum absolute atomic E-state index is 0.865. The summed E-state index contributed by atoms with van der Waals surface area (Å²) in [5, 5.41) is 1.19. The van der Waals surface area contributed by atoms with E-state index < -0.39 is 0 Å². The van der Waals surface area contributed by atoms with Crippen LogP contribution in [0.2, 0.25) is 0 Å². The van der Waals surface area contributed by atoms with Gasteiger partial charge in [-0.3, -0.25) is 14.9 Å². The molecule has 0 saturated carbocycles. The average Bonchev–Trinajstić information content (AvgIpc) is 2.55. The molecule has 3 nitrogen and oxygen atoms in total. The zero-order chi connectivity index (χ0) is 14.5.